The maximum atomic E-state index is 13.0. The number of sulfonamides is 1. The van der Waals surface area contributed by atoms with Crippen LogP contribution in [0, 0.1) is 10.1 Å². The Labute approximate surface area is 221 Å². The summed E-state index contributed by atoms with van der Waals surface area (Å²) in [5.41, 5.74) is 2.70. The summed E-state index contributed by atoms with van der Waals surface area (Å²) in [6.45, 7) is 1.17. The highest BCUT2D eigenvalue weighted by Gasteiger charge is 2.30. The first-order chi connectivity index (χ1) is 18.1. The SMILES string of the molecule is CN(C)CCCN(C)S(=O)(=O)c1ccc(NC(=C2C(=O)Nc3ccc([N+](=O)[O-])cc32)c2ccccc2)cc1. The zero-order valence-corrected chi connectivity index (χ0v) is 22.2. The number of nitro groups is 1. The van der Waals surface area contributed by atoms with Gasteiger partial charge in [-0.3, -0.25) is 14.9 Å². The Bertz CT molecular complexity index is 1490. The minimum Gasteiger partial charge on any atom is -0.354 e. The van der Waals surface area contributed by atoms with Crippen molar-refractivity contribution in [3.63, 3.8) is 0 Å². The smallest absolute Gasteiger partial charge is 0.270 e. The first kappa shape index (κ1) is 27.0. The third-order valence-corrected chi connectivity index (χ3v) is 8.05. The highest BCUT2D eigenvalue weighted by atomic mass is 32.2. The minimum atomic E-state index is -3.66. The van der Waals surface area contributed by atoms with Gasteiger partial charge in [-0.1, -0.05) is 30.3 Å². The number of anilines is 2. The number of nitrogens with one attached hydrogen (secondary N) is 2. The van der Waals surface area contributed by atoms with Crippen LogP contribution in [0.3, 0.4) is 0 Å². The molecule has 0 aliphatic carbocycles. The van der Waals surface area contributed by atoms with Crippen molar-refractivity contribution in [2.75, 3.05) is 44.9 Å². The number of rotatable bonds is 10. The van der Waals surface area contributed by atoms with Crippen molar-refractivity contribution in [2.24, 2.45) is 0 Å². The third-order valence-electron chi connectivity index (χ3n) is 6.18. The van der Waals surface area contributed by atoms with Gasteiger partial charge in [-0.25, -0.2) is 12.7 Å². The second-order valence-electron chi connectivity index (χ2n) is 9.19. The molecule has 2 N–H and O–H groups in total. The molecule has 4 rings (SSSR count). The fraction of sp³-hybridized carbons (Fsp3) is 0.222. The van der Waals surface area contributed by atoms with Crippen molar-refractivity contribution in [1.82, 2.24) is 9.21 Å². The van der Waals surface area contributed by atoms with Crippen molar-refractivity contribution in [2.45, 2.75) is 11.3 Å². The monoisotopic (exact) mass is 535 g/mol. The van der Waals surface area contributed by atoms with Crippen LogP contribution in [0.2, 0.25) is 0 Å². The molecule has 3 aromatic rings. The van der Waals surface area contributed by atoms with E-state index in [1.807, 2.05) is 49.3 Å². The van der Waals surface area contributed by atoms with Crippen molar-refractivity contribution in [3.05, 3.63) is 94.0 Å². The van der Waals surface area contributed by atoms with Crippen LogP contribution in [0.1, 0.15) is 17.5 Å². The van der Waals surface area contributed by atoms with E-state index in [0.717, 1.165) is 6.54 Å². The maximum Gasteiger partial charge on any atom is 0.270 e. The average molecular weight is 536 g/mol. The lowest BCUT2D eigenvalue weighted by Crippen LogP contribution is -2.29. The largest absolute Gasteiger partial charge is 0.354 e. The fourth-order valence-electron chi connectivity index (χ4n) is 4.17. The van der Waals surface area contributed by atoms with Crippen LogP contribution >= 0.6 is 0 Å². The fourth-order valence-corrected chi connectivity index (χ4v) is 5.37. The molecule has 38 heavy (non-hydrogen) atoms. The van der Waals surface area contributed by atoms with E-state index in [1.165, 1.54) is 34.6 Å². The van der Waals surface area contributed by atoms with Gasteiger partial charge >= 0.3 is 0 Å². The summed E-state index contributed by atoms with van der Waals surface area (Å²) in [4.78, 5) is 26.1. The lowest BCUT2D eigenvalue weighted by atomic mass is 9.99. The van der Waals surface area contributed by atoms with E-state index in [9.17, 15) is 23.3 Å². The molecule has 198 valence electrons. The molecular weight excluding hydrogens is 506 g/mol. The molecule has 1 aliphatic heterocycles. The summed E-state index contributed by atoms with van der Waals surface area (Å²) in [6, 6.07) is 19.6. The van der Waals surface area contributed by atoms with Crippen LogP contribution < -0.4 is 10.6 Å². The molecule has 0 fully saturated rings. The molecule has 0 unspecified atom stereocenters. The number of nitro benzene ring substituents is 1. The lowest BCUT2D eigenvalue weighted by Gasteiger charge is -2.19. The molecule has 0 spiro atoms. The number of nitrogens with zero attached hydrogens (tertiary/aromatic N) is 3. The summed E-state index contributed by atoms with van der Waals surface area (Å²) in [6.07, 6.45) is 0.706. The van der Waals surface area contributed by atoms with E-state index in [1.54, 1.807) is 19.2 Å². The Kier molecular flexibility index (Phi) is 7.91. The molecule has 0 atom stereocenters. The number of benzene rings is 3. The van der Waals surface area contributed by atoms with Crippen LogP contribution in [0.4, 0.5) is 17.1 Å². The second-order valence-corrected chi connectivity index (χ2v) is 11.2. The van der Waals surface area contributed by atoms with Gasteiger partial charge in [0.2, 0.25) is 10.0 Å². The lowest BCUT2D eigenvalue weighted by molar-refractivity contribution is -0.384. The van der Waals surface area contributed by atoms with Crippen LogP contribution in [0.15, 0.2) is 77.7 Å². The zero-order valence-electron chi connectivity index (χ0n) is 21.3. The molecule has 0 saturated carbocycles. The number of hydrogen-bond donors (Lipinski definition) is 2. The summed E-state index contributed by atoms with van der Waals surface area (Å²) in [5, 5.41) is 17.4. The molecule has 0 radical (unpaired) electrons. The Balaban J connectivity index is 1.68. The Morgan fingerprint density at radius 1 is 0.974 bits per heavy atom. The highest BCUT2D eigenvalue weighted by molar-refractivity contribution is 7.89. The molecule has 1 aliphatic rings. The standard InChI is InChI=1S/C27H29N5O5S/c1-30(2)16-7-17-31(3)38(36,37)22-13-10-20(11-14-22)28-26(19-8-5-4-6-9-19)25-23-18-21(32(34)35)12-15-24(23)29-27(25)33/h4-6,8-15,18,28H,7,16-17H2,1-3H3,(H,29,33). The molecule has 10 nitrogen and oxygen atoms in total. The van der Waals surface area contributed by atoms with Crippen molar-refractivity contribution < 1.29 is 18.1 Å². The Morgan fingerprint density at radius 2 is 1.66 bits per heavy atom. The number of carbonyl (C=O) groups is 1. The average Bonchev–Trinajstić information content (AvgIpc) is 3.22. The van der Waals surface area contributed by atoms with Crippen LogP contribution in [0.5, 0.6) is 0 Å². The van der Waals surface area contributed by atoms with Crippen LogP contribution in [-0.2, 0) is 14.8 Å². The van der Waals surface area contributed by atoms with Gasteiger partial charge in [-0.15, -0.1) is 0 Å². The van der Waals surface area contributed by atoms with E-state index in [4.69, 9.17) is 0 Å². The molecule has 3 aromatic carbocycles. The first-order valence-corrected chi connectivity index (χ1v) is 13.4. The Hall–Kier alpha value is -4.06. The van der Waals surface area contributed by atoms with Crippen LogP contribution in [0.25, 0.3) is 11.3 Å². The number of amides is 1. The van der Waals surface area contributed by atoms with E-state index in [2.05, 4.69) is 10.6 Å². The quantitative estimate of drug-likeness (QED) is 0.227. The van der Waals surface area contributed by atoms with Gasteiger partial charge in [0.1, 0.15) is 0 Å². The molecule has 1 amide bonds. The molecule has 0 bridgehead atoms. The minimum absolute atomic E-state index is 0.130. The predicted octanol–water partition coefficient (Wildman–Crippen LogP) is 4.10. The van der Waals surface area contributed by atoms with Gasteiger partial charge in [0.25, 0.3) is 11.6 Å². The Morgan fingerprint density at radius 3 is 2.29 bits per heavy atom. The second kappa shape index (κ2) is 11.1. The summed E-state index contributed by atoms with van der Waals surface area (Å²) in [7, 11) is 1.77. The van der Waals surface area contributed by atoms with E-state index < -0.39 is 20.9 Å². The van der Waals surface area contributed by atoms with Gasteiger partial charge in [0.15, 0.2) is 0 Å². The van der Waals surface area contributed by atoms with E-state index in [-0.39, 0.29) is 16.2 Å². The van der Waals surface area contributed by atoms with E-state index in [0.29, 0.717) is 41.2 Å². The molecule has 0 saturated heterocycles. The van der Waals surface area contributed by atoms with Crippen molar-refractivity contribution in [3.8, 4) is 0 Å². The van der Waals surface area contributed by atoms with Gasteiger partial charge in [0, 0.05) is 42.7 Å². The van der Waals surface area contributed by atoms with Gasteiger partial charge < -0.3 is 15.5 Å². The normalized spacial score (nSPS) is 14.4. The van der Waals surface area contributed by atoms with Gasteiger partial charge in [-0.2, -0.15) is 0 Å². The molecule has 0 aromatic heterocycles. The first-order valence-electron chi connectivity index (χ1n) is 12.0. The predicted molar refractivity (Wildman–Crippen MR) is 148 cm³/mol. The number of non-ortho nitro benzene ring substituents is 1. The topological polar surface area (TPSA) is 125 Å². The number of hydrogen-bond acceptors (Lipinski definition) is 7. The van der Waals surface area contributed by atoms with E-state index >= 15 is 0 Å². The zero-order chi connectivity index (χ0) is 27.4. The maximum absolute atomic E-state index is 13.0. The number of carbonyl (C=O) groups excluding carboxylic acids is 1. The highest BCUT2D eigenvalue weighted by Crippen LogP contribution is 2.39. The molecule has 11 heteroatoms. The third kappa shape index (κ3) is 5.75. The summed E-state index contributed by atoms with van der Waals surface area (Å²) in [5.74, 6) is -0.398. The van der Waals surface area contributed by atoms with Gasteiger partial charge in [-0.05, 0) is 63.0 Å². The van der Waals surface area contributed by atoms with Crippen molar-refractivity contribution >= 4 is 44.3 Å². The molecule has 1 heterocycles. The van der Waals surface area contributed by atoms with Crippen LogP contribution in [-0.4, -0.2) is 62.7 Å². The molecular formula is C27H29N5O5S. The van der Waals surface area contributed by atoms with Crippen molar-refractivity contribution in [1.29, 1.82) is 0 Å². The van der Waals surface area contributed by atoms with Gasteiger partial charge in [0.05, 0.1) is 21.1 Å². The summed E-state index contributed by atoms with van der Waals surface area (Å²) >= 11 is 0. The number of fused-ring (bicyclic) bond motifs is 1. The summed E-state index contributed by atoms with van der Waals surface area (Å²) < 4.78 is 27.4.